The number of pyridine rings is 1. The number of rotatable bonds is 11. The number of alkyl halides is 1. The van der Waals surface area contributed by atoms with Crippen LogP contribution >= 0.6 is 0 Å². The summed E-state index contributed by atoms with van der Waals surface area (Å²) in [5.74, 6) is 0.733. The summed E-state index contributed by atoms with van der Waals surface area (Å²) >= 11 is 0. The molecule has 3 aromatic rings. The van der Waals surface area contributed by atoms with E-state index < -0.39 is 18.4 Å². The van der Waals surface area contributed by atoms with E-state index in [2.05, 4.69) is 5.32 Å². The van der Waals surface area contributed by atoms with Crippen LogP contribution in [-0.2, 0) is 14.2 Å². The summed E-state index contributed by atoms with van der Waals surface area (Å²) in [6.07, 6.45) is -0.490. The summed E-state index contributed by atoms with van der Waals surface area (Å²) in [4.78, 5) is 16.7. The smallest absolute Gasteiger partial charge is 0.412 e. The normalized spacial score (nSPS) is 11.4. The van der Waals surface area contributed by atoms with E-state index in [9.17, 15) is 9.18 Å². The molecule has 3 rings (SSSR count). The van der Waals surface area contributed by atoms with Crippen LogP contribution in [-0.4, -0.2) is 56.4 Å². The molecule has 7 nitrogen and oxygen atoms in total. The molecule has 0 bridgehead atoms. The lowest BCUT2D eigenvalue weighted by Crippen LogP contribution is -2.27. The molecule has 0 saturated heterocycles. The molecule has 34 heavy (non-hydrogen) atoms. The predicted molar refractivity (Wildman–Crippen MR) is 130 cm³/mol. The average molecular weight is 471 g/mol. The van der Waals surface area contributed by atoms with Gasteiger partial charge in [0.25, 0.3) is 0 Å². The van der Waals surface area contributed by atoms with Gasteiger partial charge in [-0.15, -0.1) is 0 Å². The molecule has 0 spiro atoms. The topological polar surface area (TPSA) is 78.9 Å². The van der Waals surface area contributed by atoms with Crippen LogP contribution in [0.15, 0.2) is 54.6 Å². The minimum Gasteiger partial charge on any atom is -0.491 e. The van der Waals surface area contributed by atoms with Crippen LogP contribution in [0.1, 0.15) is 20.8 Å². The first-order valence-electron chi connectivity index (χ1n) is 11.2. The van der Waals surface area contributed by atoms with Crippen molar-refractivity contribution in [2.75, 3.05) is 45.0 Å². The SMILES string of the molecule is CC(C)(C)OC(=O)Nc1ccc(-c2ccc3cc(OCCOCCOCCF)ccc3n2)cc1. The summed E-state index contributed by atoms with van der Waals surface area (Å²) in [6.45, 7) is 6.69. The number of carbonyl (C=O) groups excluding carboxylic acids is 1. The summed E-state index contributed by atoms with van der Waals surface area (Å²) in [5, 5.41) is 3.69. The van der Waals surface area contributed by atoms with Crippen molar-refractivity contribution in [3.8, 4) is 17.0 Å². The van der Waals surface area contributed by atoms with Gasteiger partial charge in [0.05, 0.1) is 37.6 Å². The number of amides is 1. The highest BCUT2D eigenvalue weighted by Crippen LogP contribution is 2.25. The van der Waals surface area contributed by atoms with E-state index in [-0.39, 0.29) is 6.61 Å². The van der Waals surface area contributed by atoms with Crippen LogP contribution in [0.4, 0.5) is 14.9 Å². The molecule has 0 radical (unpaired) electrons. The molecular weight excluding hydrogens is 439 g/mol. The maximum atomic E-state index is 11.9. The van der Waals surface area contributed by atoms with Gasteiger partial charge >= 0.3 is 6.09 Å². The van der Waals surface area contributed by atoms with Gasteiger partial charge in [-0.25, -0.2) is 14.2 Å². The number of fused-ring (bicyclic) bond motifs is 1. The zero-order valence-corrected chi connectivity index (χ0v) is 19.8. The molecule has 0 aliphatic heterocycles. The molecule has 0 unspecified atom stereocenters. The standard InChI is InChI=1S/C26H31FN2O5/c1-26(2,3)34-25(30)28-21-7-4-19(5-8-21)23-10-6-20-18-22(9-11-24(20)29-23)33-17-16-32-15-14-31-13-12-27/h4-11,18H,12-17H2,1-3H3,(H,28,30). The van der Waals surface area contributed by atoms with Crippen LogP contribution in [0.25, 0.3) is 22.2 Å². The van der Waals surface area contributed by atoms with Crippen LogP contribution < -0.4 is 10.1 Å². The molecular formula is C26H31FN2O5. The number of nitrogens with zero attached hydrogens (tertiary/aromatic N) is 1. The van der Waals surface area contributed by atoms with Crippen molar-refractivity contribution in [2.45, 2.75) is 26.4 Å². The molecule has 8 heteroatoms. The third kappa shape index (κ3) is 8.28. The first-order valence-corrected chi connectivity index (χ1v) is 11.2. The number of halogens is 1. The average Bonchev–Trinajstić information content (AvgIpc) is 2.79. The summed E-state index contributed by atoms with van der Waals surface area (Å²) in [5.41, 5.74) is 2.71. The Kier molecular flexibility index (Phi) is 9.18. The van der Waals surface area contributed by atoms with Gasteiger partial charge in [-0.05, 0) is 57.2 Å². The van der Waals surface area contributed by atoms with Crippen molar-refractivity contribution >= 4 is 22.7 Å². The van der Waals surface area contributed by atoms with Gasteiger partial charge in [-0.1, -0.05) is 18.2 Å². The summed E-state index contributed by atoms with van der Waals surface area (Å²) in [6, 6.07) is 17.1. The van der Waals surface area contributed by atoms with Crippen molar-refractivity contribution < 1.29 is 28.1 Å². The monoisotopic (exact) mass is 470 g/mol. The maximum Gasteiger partial charge on any atom is 0.412 e. The fraction of sp³-hybridized carbons (Fsp3) is 0.385. The van der Waals surface area contributed by atoms with Crippen LogP contribution in [0.2, 0.25) is 0 Å². The zero-order valence-electron chi connectivity index (χ0n) is 19.8. The molecule has 182 valence electrons. The fourth-order valence-electron chi connectivity index (χ4n) is 3.09. The van der Waals surface area contributed by atoms with Gasteiger partial charge in [0.15, 0.2) is 0 Å². The number of aromatic nitrogens is 1. The fourth-order valence-corrected chi connectivity index (χ4v) is 3.09. The van der Waals surface area contributed by atoms with Crippen molar-refractivity contribution in [2.24, 2.45) is 0 Å². The number of hydrogen-bond donors (Lipinski definition) is 1. The summed E-state index contributed by atoms with van der Waals surface area (Å²) in [7, 11) is 0. The van der Waals surface area contributed by atoms with Crippen molar-refractivity contribution in [1.29, 1.82) is 0 Å². The van der Waals surface area contributed by atoms with Crippen molar-refractivity contribution in [3.63, 3.8) is 0 Å². The van der Waals surface area contributed by atoms with Crippen molar-refractivity contribution in [1.82, 2.24) is 4.98 Å². The van der Waals surface area contributed by atoms with Gasteiger partial charge in [0.2, 0.25) is 0 Å². The van der Waals surface area contributed by atoms with Gasteiger partial charge in [-0.2, -0.15) is 0 Å². The lowest BCUT2D eigenvalue weighted by Gasteiger charge is -2.19. The van der Waals surface area contributed by atoms with Gasteiger partial charge < -0.3 is 18.9 Å². The Hall–Kier alpha value is -3.23. The molecule has 1 amide bonds. The van der Waals surface area contributed by atoms with Crippen LogP contribution in [0.5, 0.6) is 5.75 Å². The van der Waals surface area contributed by atoms with Crippen LogP contribution in [0, 0.1) is 0 Å². The maximum absolute atomic E-state index is 11.9. The van der Waals surface area contributed by atoms with Crippen molar-refractivity contribution in [3.05, 3.63) is 54.6 Å². The molecule has 1 aromatic heterocycles. The highest BCUT2D eigenvalue weighted by Gasteiger charge is 2.16. The van der Waals surface area contributed by atoms with E-state index in [4.69, 9.17) is 23.9 Å². The molecule has 0 fully saturated rings. The lowest BCUT2D eigenvalue weighted by atomic mass is 10.1. The van der Waals surface area contributed by atoms with E-state index in [1.807, 2.05) is 75.4 Å². The van der Waals surface area contributed by atoms with Gasteiger partial charge in [0, 0.05) is 16.6 Å². The van der Waals surface area contributed by atoms with E-state index in [1.54, 1.807) is 0 Å². The van der Waals surface area contributed by atoms with E-state index in [1.165, 1.54) is 0 Å². The molecule has 0 aliphatic carbocycles. The molecule has 0 atom stereocenters. The number of anilines is 1. The second kappa shape index (κ2) is 12.3. The first kappa shape index (κ1) is 25.4. The number of benzene rings is 2. The number of ether oxygens (including phenoxy) is 4. The Morgan fingerprint density at radius 1 is 0.912 bits per heavy atom. The Balaban J connectivity index is 1.53. The minimum atomic E-state index is -0.551. The predicted octanol–water partition coefficient (Wildman–Crippen LogP) is 5.63. The first-order chi connectivity index (χ1) is 16.3. The Bertz CT molecular complexity index is 1070. The zero-order chi connectivity index (χ0) is 24.4. The second-order valence-corrected chi connectivity index (χ2v) is 8.52. The third-order valence-corrected chi connectivity index (χ3v) is 4.58. The largest absolute Gasteiger partial charge is 0.491 e. The number of carbonyl (C=O) groups is 1. The third-order valence-electron chi connectivity index (χ3n) is 4.58. The highest BCUT2D eigenvalue weighted by atomic mass is 19.1. The van der Waals surface area contributed by atoms with Gasteiger partial charge in [0.1, 0.15) is 24.6 Å². The van der Waals surface area contributed by atoms with E-state index >= 15 is 0 Å². The quantitative estimate of drug-likeness (QED) is 0.366. The molecule has 2 aromatic carbocycles. The van der Waals surface area contributed by atoms with E-state index in [0.29, 0.717) is 32.1 Å². The highest BCUT2D eigenvalue weighted by molar-refractivity contribution is 5.86. The number of hydrogen-bond acceptors (Lipinski definition) is 6. The minimum absolute atomic E-state index is 0.101. The summed E-state index contributed by atoms with van der Waals surface area (Å²) < 4.78 is 33.3. The van der Waals surface area contributed by atoms with Crippen LogP contribution in [0.3, 0.4) is 0 Å². The van der Waals surface area contributed by atoms with Gasteiger partial charge in [-0.3, -0.25) is 5.32 Å². The number of nitrogens with one attached hydrogen (secondary N) is 1. The van der Waals surface area contributed by atoms with E-state index in [0.717, 1.165) is 27.9 Å². The Labute approximate surface area is 199 Å². The Morgan fingerprint density at radius 2 is 1.62 bits per heavy atom. The molecule has 1 heterocycles. The lowest BCUT2D eigenvalue weighted by molar-refractivity contribution is 0.0325. The molecule has 0 aliphatic rings. The second-order valence-electron chi connectivity index (χ2n) is 8.52. The Morgan fingerprint density at radius 3 is 2.32 bits per heavy atom. The molecule has 0 saturated carbocycles. The molecule has 1 N–H and O–H groups in total.